The summed E-state index contributed by atoms with van der Waals surface area (Å²) in [6, 6.07) is 0. The van der Waals surface area contributed by atoms with E-state index in [0.29, 0.717) is 5.92 Å². The first-order valence-corrected chi connectivity index (χ1v) is 9.31. The molecule has 19 heavy (non-hydrogen) atoms. The van der Waals surface area contributed by atoms with Crippen molar-refractivity contribution >= 4 is 10.1 Å². The predicted octanol–water partition coefficient (Wildman–Crippen LogP) is 3.35. The van der Waals surface area contributed by atoms with Gasteiger partial charge in [0.05, 0.1) is 12.4 Å². The van der Waals surface area contributed by atoms with Gasteiger partial charge in [-0.2, -0.15) is 8.42 Å². The van der Waals surface area contributed by atoms with Crippen molar-refractivity contribution in [3.8, 4) is 0 Å². The maximum atomic E-state index is 11.7. The Morgan fingerprint density at radius 1 is 1.11 bits per heavy atom. The van der Waals surface area contributed by atoms with Crippen LogP contribution >= 0.6 is 0 Å². The van der Waals surface area contributed by atoms with Crippen molar-refractivity contribution in [3.63, 3.8) is 0 Å². The first kappa shape index (κ1) is 13.9. The van der Waals surface area contributed by atoms with E-state index in [9.17, 15) is 8.42 Å². The summed E-state index contributed by atoms with van der Waals surface area (Å²) in [6.45, 7) is 6.76. The highest BCUT2D eigenvalue weighted by molar-refractivity contribution is 7.86. The Balaban J connectivity index is 2.09. The smallest absolute Gasteiger partial charge is 0.264 e. The van der Waals surface area contributed by atoms with E-state index in [1.165, 1.54) is 31.9 Å². The summed E-state index contributed by atoms with van der Waals surface area (Å²) >= 11 is 0. The molecular weight excluding hydrogens is 260 g/mol. The molecule has 3 aliphatic rings. The molecule has 0 saturated heterocycles. The maximum absolute atomic E-state index is 11.7. The second-order valence-corrected chi connectivity index (χ2v) is 9.68. The van der Waals surface area contributed by atoms with E-state index < -0.39 is 10.1 Å². The molecule has 0 aliphatic heterocycles. The Labute approximate surface area is 117 Å². The van der Waals surface area contributed by atoms with Crippen LogP contribution in [-0.4, -0.2) is 20.8 Å². The van der Waals surface area contributed by atoms with Crippen LogP contribution in [0.25, 0.3) is 0 Å². The Kier molecular flexibility index (Phi) is 2.74. The maximum Gasteiger partial charge on any atom is 0.264 e. The molecule has 3 rings (SSSR count). The largest absolute Gasteiger partial charge is 0.266 e. The molecule has 0 radical (unpaired) electrons. The van der Waals surface area contributed by atoms with Crippen LogP contribution in [0.3, 0.4) is 0 Å². The topological polar surface area (TPSA) is 43.4 Å². The van der Waals surface area contributed by atoms with Crippen LogP contribution in [0.5, 0.6) is 0 Å². The molecule has 0 aromatic heterocycles. The second kappa shape index (κ2) is 3.76. The van der Waals surface area contributed by atoms with Crippen molar-refractivity contribution in [2.45, 2.75) is 65.4 Å². The highest BCUT2D eigenvalue weighted by Gasteiger charge is 2.71. The minimum atomic E-state index is -3.39. The van der Waals surface area contributed by atoms with Crippen molar-refractivity contribution in [2.24, 2.45) is 22.2 Å². The molecule has 0 bridgehead atoms. The summed E-state index contributed by atoms with van der Waals surface area (Å²) < 4.78 is 29.1. The van der Waals surface area contributed by atoms with Gasteiger partial charge < -0.3 is 0 Å². The summed E-state index contributed by atoms with van der Waals surface area (Å²) in [6.07, 6.45) is 8.31. The van der Waals surface area contributed by atoms with Gasteiger partial charge in [0.2, 0.25) is 0 Å². The summed E-state index contributed by atoms with van der Waals surface area (Å²) in [7, 11) is -3.39. The fourth-order valence-corrected chi connectivity index (χ4v) is 6.91. The Hall–Kier alpha value is -0.0900. The minimum absolute atomic E-state index is 0.0408. The van der Waals surface area contributed by atoms with Gasteiger partial charge in [0.25, 0.3) is 10.1 Å². The zero-order valence-corrected chi connectivity index (χ0v) is 13.3. The van der Waals surface area contributed by atoms with Crippen LogP contribution in [0.4, 0.5) is 0 Å². The van der Waals surface area contributed by atoms with E-state index in [1.807, 2.05) is 0 Å². The molecule has 4 heteroatoms. The molecule has 0 amide bonds. The third kappa shape index (κ3) is 1.75. The van der Waals surface area contributed by atoms with Gasteiger partial charge in [-0.1, -0.05) is 27.2 Å². The zero-order chi connectivity index (χ0) is 14.1. The van der Waals surface area contributed by atoms with Crippen LogP contribution in [0, 0.1) is 22.2 Å². The van der Waals surface area contributed by atoms with Crippen molar-refractivity contribution in [1.82, 2.24) is 0 Å². The van der Waals surface area contributed by atoms with Gasteiger partial charge in [0, 0.05) is 5.41 Å². The lowest BCUT2D eigenvalue weighted by Gasteiger charge is -2.43. The van der Waals surface area contributed by atoms with Gasteiger partial charge in [0.15, 0.2) is 0 Å². The molecule has 3 fully saturated rings. The fourth-order valence-electron chi connectivity index (χ4n) is 6.13. The predicted molar refractivity (Wildman–Crippen MR) is 75.2 cm³/mol. The summed E-state index contributed by atoms with van der Waals surface area (Å²) in [5.74, 6) is 0.672. The molecule has 1 unspecified atom stereocenters. The lowest BCUT2D eigenvalue weighted by atomic mass is 9.65. The second-order valence-electron chi connectivity index (χ2n) is 8.07. The highest BCUT2D eigenvalue weighted by atomic mass is 32.2. The SMILES string of the molecule is CC1(C)C[C@]2(C)CCC3CCC[C@]32[C@@H]1OS(C)(=O)=O. The third-order valence-corrected chi connectivity index (χ3v) is 6.88. The Morgan fingerprint density at radius 3 is 2.42 bits per heavy atom. The molecule has 3 nitrogen and oxygen atoms in total. The normalized spacial score (nSPS) is 48.2. The van der Waals surface area contributed by atoms with Gasteiger partial charge >= 0.3 is 0 Å². The van der Waals surface area contributed by atoms with Gasteiger partial charge in [-0.15, -0.1) is 0 Å². The van der Waals surface area contributed by atoms with Gasteiger partial charge in [-0.05, 0) is 48.9 Å². The van der Waals surface area contributed by atoms with E-state index in [-0.39, 0.29) is 22.3 Å². The lowest BCUT2D eigenvalue weighted by Crippen LogP contribution is -2.45. The van der Waals surface area contributed by atoms with Crippen LogP contribution in [-0.2, 0) is 14.3 Å². The van der Waals surface area contributed by atoms with Crippen LogP contribution < -0.4 is 0 Å². The minimum Gasteiger partial charge on any atom is -0.266 e. The van der Waals surface area contributed by atoms with E-state index in [4.69, 9.17) is 4.18 Å². The molecule has 1 spiro atoms. The first-order valence-electron chi connectivity index (χ1n) is 7.49. The van der Waals surface area contributed by atoms with Gasteiger partial charge in [-0.3, -0.25) is 4.18 Å². The molecule has 110 valence electrons. The van der Waals surface area contributed by atoms with Gasteiger partial charge in [-0.25, -0.2) is 0 Å². The third-order valence-electron chi connectivity index (χ3n) is 6.33. The van der Waals surface area contributed by atoms with Crippen LogP contribution in [0.15, 0.2) is 0 Å². The van der Waals surface area contributed by atoms with E-state index in [2.05, 4.69) is 20.8 Å². The molecule has 3 saturated carbocycles. The zero-order valence-electron chi connectivity index (χ0n) is 12.5. The molecule has 3 aliphatic carbocycles. The summed E-state index contributed by atoms with van der Waals surface area (Å²) in [5, 5.41) is 0. The molecule has 0 N–H and O–H groups in total. The lowest BCUT2D eigenvalue weighted by molar-refractivity contribution is -0.0233. The quantitative estimate of drug-likeness (QED) is 0.731. The monoisotopic (exact) mass is 286 g/mol. The average Bonchev–Trinajstić information content (AvgIpc) is 2.78. The van der Waals surface area contributed by atoms with Crippen molar-refractivity contribution < 1.29 is 12.6 Å². The average molecular weight is 286 g/mol. The van der Waals surface area contributed by atoms with E-state index in [0.717, 1.165) is 12.8 Å². The van der Waals surface area contributed by atoms with E-state index in [1.54, 1.807) is 0 Å². The molecule has 0 aromatic rings. The molecular formula is C15H26O3S. The number of hydrogen-bond donors (Lipinski definition) is 0. The van der Waals surface area contributed by atoms with Crippen LogP contribution in [0.1, 0.15) is 59.3 Å². The fraction of sp³-hybridized carbons (Fsp3) is 1.00. The van der Waals surface area contributed by atoms with Crippen molar-refractivity contribution in [1.29, 1.82) is 0 Å². The van der Waals surface area contributed by atoms with Crippen molar-refractivity contribution in [3.05, 3.63) is 0 Å². The number of rotatable bonds is 2. The summed E-state index contributed by atoms with van der Waals surface area (Å²) in [5.41, 5.74) is 0.341. The van der Waals surface area contributed by atoms with Crippen LogP contribution in [0.2, 0.25) is 0 Å². The molecule has 0 aromatic carbocycles. The van der Waals surface area contributed by atoms with E-state index >= 15 is 0 Å². The van der Waals surface area contributed by atoms with Crippen molar-refractivity contribution in [2.75, 3.05) is 6.26 Å². The highest BCUT2D eigenvalue weighted by Crippen LogP contribution is 2.75. The molecule has 4 atom stereocenters. The standard InChI is InChI=1S/C15H26O3S/c1-13(2)10-14(3)9-7-11-6-5-8-15(11,14)12(13)18-19(4,16)17/h11-12H,5-10H2,1-4H3/t11?,12-,14+,15-/m1/s1. The number of hydrogen-bond acceptors (Lipinski definition) is 3. The first-order chi connectivity index (χ1) is 8.61. The van der Waals surface area contributed by atoms with Gasteiger partial charge in [0.1, 0.15) is 0 Å². The Bertz CT molecular complexity index is 496. The Morgan fingerprint density at radius 2 is 1.79 bits per heavy atom. The summed E-state index contributed by atoms with van der Waals surface area (Å²) in [4.78, 5) is 0. The molecule has 0 heterocycles.